The SMILES string of the molecule is CC(C)(C)c1ccc(OCC(=O)Nc2cccc3ncccc23)cc1. The van der Waals surface area contributed by atoms with Crippen molar-refractivity contribution in [1.29, 1.82) is 0 Å². The Hall–Kier alpha value is -2.88. The minimum Gasteiger partial charge on any atom is -0.484 e. The predicted molar refractivity (Wildman–Crippen MR) is 101 cm³/mol. The fourth-order valence-electron chi connectivity index (χ4n) is 2.60. The lowest BCUT2D eigenvalue weighted by Gasteiger charge is -2.19. The number of nitrogens with zero attached hydrogens (tertiary/aromatic N) is 1. The van der Waals surface area contributed by atoms with Crippen molar-refractivity contribution >= 4 is 22.5 Å². The zero-order valence-electron chi connectivity index (χ0n) is 14.7. The van der Waals surface area contributed by atoms with Gasteiger partial charge in [-0.25, -0.2) is 0 Å². The zero-order chi connectivity index (χ0) is 17.9. The van der Waals surface area contributed by atoms with Gasteiger partial charge in [0.2, 0.25) is 0 Å². The highest BCUT2D eigenvalue weighted by Gasteiger charge is 2.13. The molecule has 1 amide bonds. The maximum absolute atomic E-state index is 12.2. The number of amides is 1. The smallest absolute Gasteiger partial charge is 0.262 e. The van der Waals surface area contributed by atoms with Gasteiger partial charge < -0.3 is 10.1 Å². The number of ether oxygens (including phenoxy) is 1. The first-order chi connectivity index (χ1) is 11.9. The van der Waals surface area contributed by atoms with Gasteiger partial charge in [-0.3, -0.25) is 9.78 Å². The van der Waals surface area contributed by atoms with E-state index in [1.165, 1.54) is 5.56 Å². The minimum absolute atomic E-state index is 0.0362. The summed E-state index contributed by atoms with van der Waals surface area (Å²) in [5, 5.41) is 3.80. The summed E-state index contributed by atoms with van der Waals surface area (Å²) in [5.74, 6) is 0.485. The summed E-state index contributed by atoms with van der Waals surface area (Å²) in [7, 11) is 0. The van der Waals surface area contributed by atoms with Crippen molar-refractivity contribution in [3.63, 3.8) is 0 Å². The van der Waals surface area contributed by atoms with Crippen molar-refractivity contribution in [2.24, 2.45) is 0 Å². The molecule has 1 aromatic heterocycles. The van der Waals surface area contributed by atoms with Crippen LogP contribution >= 0.6 is 0 Å². The van der Waals surface area contributed by atoms with Crippen LogP contribution in [-0.4, -0.2) is 17.5 Å². The highest BCUT2D eigenvalue weighted by Crippen LogP contribution is 2.24. The monoisotopic (exact) mass is 334 g/mol. The summed E-state index contributed by atoms with van der Waals surface area (Å²) in [6, 6.07) is 17.3. The van der Waals surface area contributed by atoms with E-state index < -0.39 is 0 Å². The molecule has 1 heterocycles. The van der Waals surface area contributed by atoms with E-state index in [2.05, 4.69) is 31.1 Å². The van der Waals surface area contributed by atoms with Crippen LogP contribution in [-0.2, 0) is 10.2 Å². The van der Waals surface area contributed by atoms with Crippen molar-refractivity contribution in [2.45, 2.75) is 26.2 Å². The number of fused-ring (bicyclic) bond motifs is 1. The molecule has 4 heteroatoms. The molecule has 0 aliphatic carbocycles. The molecule has 2 aromatic carbocycles. The molecular weight excluding hydrogens is 312 g/mol. The van der Waals surface area contributed by atoms with Gasteiger partial charge in [-0.05, 0) is 47.4 Å². The van der Waals surface area contributed by atoms with Crippen molar-refractivity contribution in [1.82, 2.24) is 4.98 Å². The third kappa shape index (κ3) is 4.15. The van der Waals surface area contributed by atoms with Crippen LogP contribution < -0.4 is 10.1 Å². The maximum atomic E-state index is 12.2. The van der Waals surface area contributed by atoms with E-state index in [0.717, 1.165) is 16.6 Å². The topological polar surface area (TPSA) is 51.2 Å². The van der Waals surface area contributed by atoms with Gasteiger partial charge >= 0.3 is 0 Å². The Balaban J connectivity index is 1.63. The van der Waals surface area contributed by atoms with E-state index in [9.17, 15) is 4.79 Å². The molecule has 0 atom stereocenters. The molecule has 3 aromatic rings. The molecule has 4 nitrogen and oxygen atoms in total. The van der Waals surface area contributed by atoms with E-state index in [0.29, 0.717) is 5.75 Å². The van der Waals surface area contributed by atoms with Crippen LogP contribution in [0.2, 0.25) is 0 Å². The normalized spacial score (nSPS) is 11.3. The van der Waals surface area contributed by atoms with E-state index in [1.807, 2.05) is 54.6 Å². The lowest BCUT2D eigenvalue weighted by atomic mass is 9.87. The number of carbonyl (C=O) groups is 1. The first kappa shape index (κ1) is 17.0. The Morgan fingerprint density at radius 1 is 1.04 bits per heavy atom. The summed E-state index contributed by atoms with van der Waals surface area (Å²) >= 11 is 0. The van der Waals surface area contributed by atoms with Crippen molar-refractivity contribution in [3.8, 4) is 5.75 Å². The number of anilines is 1. The molecule has 0 saturated heterocycles. The van der Waals surface area contributed by atoms with Gasteiger partial charge in [-0.2, -0.15) is 0 Å². The molecule has 1 N–H and O–H groups in total. The van der Waals surface area contributed by atoms with E-state index in [4.69, 9.17) is 4.74 Å². The molecule has 0 aliphatic heterocycles. The largest absolute Gasteiger partial charge is 0.484 e. The Morgan fingerprint density at radius 3 is 2.52 bits per heavy atom. The molecule has 0 unspecified atom stereocenters. The van der Waals surface area contributed by atoms with Crippen molar-refractivity contribution in [3.05, 3.63) is 66.4 Å². The molecule has 128 valence electrons. The third-order valence-electron chi connectivity index (χ3n) is 4.01. The van der Waals surface area contributed by atoms with Gasteiger partial charge in [-0.15, -0.1) is 0 Å². The van der Waals surface area contributed by atoms with E-state index in [1.54, 1.807) is 6.20 Å². The summed E-state index contributed by atoms with van der Waals surface area (Å²) < 4.78 is 5.59. The number of aromatic nitrogens is 1. The summed E-state index contributed by atoms with van der Waals surface area (Å²) in [6.07, 6.45) is 1.73. The third-order valence-corrected chi connectivity index (χ3v) is 4.01. The second-order valence-corrected chi connectivity index (χ2v) is 6.99. The van der Waals surface area contributed by atoms with Gasteiger partial charge in [0.15, 0.2) is 6.61 Å². The molecule has 0 fully saturated rings. The lowest BCUT2D eigenvalue weighted by molar-refractivity contribution is -0.118. The Kier molecular flexibility index (Phi) is 4.70. The molecule has 0 spiro atoms. The molecule has 0 radical (unpaired) electrons. The van der Waals surface area contributed by atoms with Gasteiger partial charge in [0, 0.05) is 11.6 Å². The molecule has 0 saturated carbocycles. The molecule has 3 rings (SSSR count). The van der Waals surface area contributed by atoms with Crippen molar-refractivity contribution < 1.29 is 9.53 Å². The number of hydrogen-bond donors (Lipinski definition) is 1. The quantitative estimate of drug-likeness (QED) is 0.761. The number of carbonyl (C=O) groups excluding carboxylic acids is 1. The first-order valence-electron chi connectivity index (χ1n) is 8.30. The fourth-order valence-corrected chi connectivity index (χ4v) is 2.60. The average Bonchev–Trinajstić information content (AvgIpc) is 2.60. The van der Waals surface area contributed by atoms with Crippen LogP contribution in [0.1, 0.15) is 26.3 Å². The van der Waals surface area contributed by atoms with Crippen LogP contribution in [0.15, 0.2) is 60.8 Å². The highest BCUT2D eigenvalue weighted by molar-refractivity contribution is 6.01. The number of benzene rings is 2. The molecule has 0 aliphatic rings. The van der Waals surface area contributed by atoms with E-state index >= 15 is 0 Å². The zero-order valence-corrected chi connectivity index (χ0v) is 14.7. The predicted octanol–water partition coefficient (Wildman–Crippen LogP) is 4.55. The van der Waals surface area contributed by atoms with Crippen LogP contribution in [0, 0.1) is 0 Å². The van der Waals surface area contributed by atoms with Crippen LogP contribution in [0.25, 0.3) is 10.9 Å². The summed E-state index contributed by atoms with van der Waals surface area (Å²) in [4.78, 5) is 16.5. The Bertz CT molecular complexity index is 875. The van der Waals surface area contributed by atoms with Gasteiger partial charge in [0.05, 0.1) is 11.2 Å². The van der Waals surface area contributed by atoms with Gasteiger partial charge in [0.25, 0.3) is 5.91 Å². The summed E-state index contributed by atoms with van der Waals surface area (Å²) in [5.41, 5.74) is 2.91. The second-order valence-electron chi connectivity index (χ2n) is 6.99. The van der Waals surface area contributed by atoms with E-state index in [-0.39, 0.29) is 17.9 Å². The maximum Gasteiger partial charge on any atom is 0.262 e. The van der Waals surface area contributed by atoms with Crippen LogP contribution in [0.4, 0.5) is 5.69 Å². The number of rotatable bonds is 4. The molecule has 0 bridgehead atoms. The van der Waals surface area contributed by atoms with Gasteiger partial charge in [-0.1, -0.05) is 39.0 Å². The Labute approximate surface area is 147 Å². The second kappa shape index (κ2) is 6.93. The van der Waals surface area contributed by atoms with Crippen molar-refractivity contribution in [2.75, 3.05) is 11.9 Å². The lowest BCUT2D eigenvalue weighted by Crippen LogP contribution is -2.20. The van der Waals surface area contributed by atoms with Crippen LogP contribution in [0.5, 0.6) is 5.75 Å². The average molecular weight is 334 g/mol. The minimum atomic E-state index is -0.198. The first-order valence-corrected chi connectivity index (χ1v) is 8.30. The Morgan fingerprint density at radius 2 is 1.80 bits per heavy atom. The standard InChI is InChI=1S/C21H22N2O2/c1-21(2,3)15-9-11-16(12-10-15)25-14-20(24)23-19-8-4-7-18-17(19)6-5-13-22-18/h4-13H,14H2,1-3H3,(H,23,24). The highest BCUT2D eigenvalue weighted by atomic mass is 16.5. The molecular formula is C21H22N2O2. The number of pyridine rings is 1. The van der Waals surface area contributed by atoms with Gasteiger partial charge in [0.1, 0.15) is 5.75 Å². The summed E-state index contributed by atoms with van der Waals surface area (Å²) in [6.45, 7) is 6.45. The van der Waals surface area contributed by atoms with Crippen LogP contribution in [0.3, 0.4) is 0 Å². The number of nitrogens with one attached hydrogen (secondary N) is 1. The molecule has 25 heavy (non-hydrogen) atoms. The fraction of sp³-hybridized carbons (Fsp3) is 0.238. The number of hydrogen-bond acceptors (Lipinski definition) is 3.